The second-order valence-corrected chi connectivity index (χ2v) is 6.70. The molecule has 0 saturated carbocycles. The van der Waals surface area contributed by atoms with E-state index in [1.54, 1.807) is 31.2 Å². The fourth-order valence-electron chi connectivity index (χ4n) is 2.29. The summed E-state index contributed by atoms with van der Waals surface area (Å²) in [6.07, 6.45) is -0.652. The van der Waals surface area contributed by atoms with Crippen molar-refractivity contribution in [3.8, 4) is 17.0 Å². The number of para-hydroxylation sites is 1. The highest BCUT2D eigenvalue weighted by Crippen LogP contribution is 2.30. The number of anilines is 1. The summed E-state index contributed by atoms with van der Waals surface area (Å²) < 4.78 is 18.7. The number of rotatable bonds is 5. The smallest absolute Gasteiger partial charge is 0.266 e. The van der Waals surface area contributed by atoms with Gasteiger partial charge in [-0.15, -0.1) is 11.3 Å². The maximum absolute atomic E-state index is 13.1. The molecule has 0 unspecified atom stereocenters. The van der Waals surface area contributed by atoms with Gasteiger partial charge in [0, 0.05) is 10.4 Å². The molecule has 1 amide bonds. The zero-order valence-corrected chi connectivity index (χ0v) is 14.6. The van der Waals surface area contributed by atoms with E-state index in [0.29, 0.717) is 10.9 Å². The van der Waals surface area contributed by atoms with Crippen molar-refractivity contribution in [1.29, 1.82) is 0 Å². The summed E-state index contributed by atoms with van der Waals surface area (Å²) in [7, 11) is 0. The van der Waals surface area contributed by atoms with Gasteiger partial charge in [0.1, 0.15) is 11.6 Å². The van der Waals surface area contributed by atoms with Gasteiger partial charge in [-0.05, 0) is 50.2 Å². The largest absolute Gasteiger partial charge is 0.481 e. The van der Waals surface area contributed by atoms with Crippen molar-refractivity contribution in [1.82, 2.24) is 4.98 Å². The molecule has 0 saturated heterocycles. The van der Waals surface area contributed by atoms with Crippen LogP contribution < -0.4 is 10.1 Å². The summed E-state index contributed by atoms with van der Waals surface area (Å²) in [6.45, 7) is 3.60. The Hall–Kier alpha value is -2.73. The normalized spacial score (nSPS) is 11.8. The van der Waals surface area contributed by atoms with E-state index < -0.39 is 6.10 Å². The highest BCUT2D eigenvalue weighted by Gasteiger charge is 2.18. The van der Waals surface area contributed by atoms with Gasteiger partial charge in [0.05, 0.1) is 5.69 Å². The monoisotopic (exact) mass is 356 g/mol. The lowest BCUT2D eigenvalue weighted by Gasteiger charge is -2.13. The van der Waals surface area contributed by atoms with Crippen molar-refractivity contribution < 1.29 is 13.9 Å². The number of nitrogens with one attached hydrogen (secondary N) is 1. The molecule has 0 fully saturated rings. The molecule has 0 aliphatic rings. The Morgan fingerprint density at radius 3 is 2.52 bits per heavy atom. The number of carbonyl (C=O) groups is 1. The van der Waals surface area contributed by atoms with Crippen LogP contribution in [-0.2, 0) is 4.79 Å². The molecule has 3 aromatic rings. The number of amides is 1. The molecule has 1 heterocycles. The van der Waals surface area contributed by atoms with Gasteiger partial charge < -0.3 is 4.74 Å². The molecule has 0 aliphatic heterocycles. The second kappa shape index (κ2) is 7.44. The maximum atomic E-state index is 13.1. The first kappa shape index (κ1) is 17.1. The number of thiazole rings is 1. The molecule has 0 bridgehead atoms. The highest BCUT2D eigenvalue weighted by molar-refractivity contribution is 7.16. The van der Waals surface area contributed by atoms with Gasteiger partial charge in [-0.2, -0.15) is 0 Å². The van der Waals surface area contributed by atoms with Gasteiger partial charge >= 0.3 is 0 Å². The Morgan fingerprint density at radius 1 is 1.16 bits per heavy atom. The number of ether oxygens (including phenoxy) is 1. The van der Waals surface area contributed by atoms with Crippen LogP contribution in [0.2, 0.25) is 0 Å². The molecule has 1 aromatic heterocycles. The predicted molar refractivity (Wildman–Crippen MR) is 97.4 cm³/mol. The van der Waals surface area contributed by atoms with Crippen molar-refractivity contribution in [2.75, 3.05) is 5.32 Å². The number of hydrogen-bond acceptors (Lipinski definition) is 4. The molecule has 0 radical (unpaired) electrons. The Morgan fingerprint density at radius 2 is 1.84 bits per heavy atom. The number of benzene rings is 2. The van der Waals surface area contributed by atoms with E-state index in [2.05, 4.69) is 10.3 Å². The zero-order valence-electron chi connectivity index (χ0n) is 13.8. The number of halogens is 1. The lowest BCUT2D eigenvalue weighted by atomic mass is 10.1. The van der Waals surface area contributed by atoms with E-state index >= 15 is 0 Å². The molecule has 1 N–H and O–H groups in total. The molecule has 0 aliphatic carbocycles. The summed E-state index contributed by atoms with van der Waals surface area (Å²) in [5.74, 6) is 0.0628. The molecule has 0 spiro atoms. The summed E-state index contributed by atoms with van der Waals surface area (Å²) in [6, 6.07) is 15.3. The van der Waals surface area contributed by atoms with Gasteiger partial charge in [0.2, 0.25) is 0 Å². The first-order chi connectivity index (χ1) is 12.0. The third kappa shape index (κ3) is 4.22. The molecule has 128 valence electrons. The maximum Gasteiger partial charge on any atom is 0.266 e. The predicted octanol–water partition coefficient (Wildman–Crippen LogP) is 4.66. The average Bonchev–Trinajstić information content (AvgIpc) is 2.96. The fraction of sp³-hybridized carbons (Fsp3) is 0.158. The first-order valence-electron chi connectivity index (χ1n) is 7.79. The Balaban J connectivity index is 1.69. The lowest BCUT2D eigenvalue weighted by molar-refractivity contribution is -0.122. The third-order valence-electron chi connectivity index (χ3n) is 3.57. The Bertz CT molecular complexity index is 863. The SMILES string of the molecule is Cc1sc(NC(=O)[C@H](C)Oc2ccccc2)nc1-c1ccc(F)cc1. The quantitative estimate of drug-likeness (QED) is 0.723. The van der Waals surface area contributed by atoms with E-state index in [0.717, 1.165) is 16.1 Å². The van der Waals surface area contributed by atoms with Crippen molar-refractivity contribution >= 4 is 22.4 Å². The van der Waals surface area contributed by atoms with Crippen LogP contribution in [0.25, 0.3) is 11.3 Å². The molecular weight excluding hydrogens is 339 g/mol. The number of carbonyl (C=O) groups excluding carboxylic acids is 1. The van der Waals surface area contributed by atoms with Crippen LogP contribution in [0.1, 0.15) is 11.8 Å². The number of nitrogens with zero attached hydrogens (tertiary/aromatic N) is 1. The molecular formula is C19H17FN2O2S. The van der Waals surface area contributed by atoms with Crippen molar-refractivity contribution in [2.24, 2.45) is 0 Å². The van der Waals surface area contributed by atoms with E-state index in [1.165, 1.54) is 23.5 Å². The number of aryl methyl sites for hydroxylation is 1. The van der Waals surface area contributed by atoms with Crippen molar-refractivity contribution in [3.05, 3.63) is 65.3 Å². The van der Waals surface area contributed by atoms with Crippen LogP contribution >= 0.6 is 11.3 Å². The van der Waals surface area contributed by atoms with E-state index in [1.807, 2.05) is 25.1 Å². The number of hydrogen-bond donors (Lipinski definition) is 1. The summed E-state index contributed by atoms with van der Waals surface area (Å²) in [5, 5.41) is 3.26. The summed E-state index contributed by atoms with van der Waals surface area (Å²) in [5.41, 5.74) is 1.54. The Labute approximate surface area is 149 Å². The van der Waals surface area contributed by atoms with Crippen LogP contribution in [0.3, 0.4) is 0 Å². The van der Waals surface area contributed by atoms with E-state index in [-0.39, 0.29) is 11.7 Å². The van der Waals surface area contributed by atoms with Gasteiger partial charge in [-0.25, -0.2) is 9.37 Å². The van der Waals surface area contributed by atoms with Crippen LogP contribution in [0.5, 0.6) is 5.75 Å². The van der Waals surface area contributed by atoms with Gasteiger partial charge in [-0.3, -0.25) is 10.1 Å². The van der Waals surface area contributed by atoms with Crippen molar-refractivity contribution in [2.45, 2.75) is 20.0 Å². The zero-order chi connectivity index (χ0) is 17.8. The minimum atomic E-state index is -0.652. The molecule has 6 heteroatoms. The molecule has 1 atom stereocenters. The van der Waals surface area contributed by atoms with Crippen LogP contribution in [0.4, 0.5) is 9.52 Å². The minimum Gasteiger partial charge on any atom is -0.481 e. The molecule has 4 nitrogen and oxygen atoms in total. The van der Waals surface area contributed by atoms with Gasteiger partial charge in [-0.1, -0.05) is 18.2 Å². The van der Waals surface area contributed by atoms with Gasteiger partial charge in [0.25, 0.3) is 5.91 Å². The topological polar surface area (TPSA) is 51.2 Å². The highest BCUT2D eigenvalue weighted by atomic mass is 32.1. The second-order valence-electron chi connectivity index (χ2n) is 5.49. The number of aromatic nitrogens is 1. The van der Waals surface area contributed by atoms with Gasteiger partial charge in [0.15, 0.2) is 11.2 Å². The van der Waals surface area contributed by atoms with E-state index in [9.17, 15) is 9.18 Å². The average molecular weight is 356 g/mol. The van der Waals surface area contributed by atoms with Crippen LogP contribution in [0.15, 0.2) is 54.6 Å². The summed E-state index contributed by atoms with van der Waals surface area (Å²) >= 11 is 1.37. The lowest BCUT2D eigenvalue weighted by Crippen LogP contribution is -2.30. The third-order valence-corrected chi connectivity index (χ3v) is 4.46. The molecule has 3 rings (SSSR count). The first-order valence-corrected chi connectivity index (χ1v) is 8.60. The standard InChI is InChI=1S/C19H17FN2O2S/c1-12(24-16-6-4-3-5-7-16)18(23)22-19-21-17(13(2)25-19)14-8-10-15(20)11-9-14/h3-12H,1-2H3,(H,21,22,23)/t12-/m0/s1. The molecule has 2 aromatic carbocycles. The van der Waals surface area contributed by atoms with Crippen molar-refractivity contribution in [3.63, 3.8) is 0 Å². The van der Waals surface area contributed by atoms with Crippen LogP contribution in [0, 0.1) is 12.7 Å². The fourth-order valence-corrected chi connectivity index (χ4v) is 3.13. The Kier molecular flexibility index (Phi) is 5.09. The summed E-state index contributed by atoms with van der Waals surface area (Å²) in [4.78, 5) is 17.7. The minimum absolute atomic E-state index is 0.275. The molecule has 25 heavy (non-hydrogen) atoms. The van der Waals surface area contributed by atoms with E-state index in [4.69, 9.17) is 4.74 Å². The van der Waals surface area contributed by atoms with Crippen LogP contribution in [-0.4, -0.2) is 17.0 Å².